The quantitative estimate of drug-likeness (QED) is 0.477. The van der Waals surface area contributed by atoms with E-state index in [1.54, 1.807) is 18.4 Å². The molecule has 0 amide bonds. The number of aryl methyl sites for hydroxylation is 1. The van der Waals surface area contributed by atoms with E-state index in [0.29, 0.717) is 10.4 Å². The average molecular weight is 221 g/mol. The van der Waals surface area contributed by atoms with E-state index in [1.807, 2.05) is 0 Å². The van der Waals surface area contributed by atoms with E-state index in [2.05, 4.69) is 0 Å². The molecule has 0 aliphatic heterocycles. The van der Waals surface area contributed by atoms with Crippen LogP contribution in [0, 0.1) is 17.0 Å². The lowest BCUT2D eigenvalue weighted by Gasteiger charge is -2.03. The lowest BCUT2D eigenvalue weighted by molar-refractivity contribution is -0.502. The van der Waals surface area contributed by atoms with Gasteiger partial charge in [-0.1, -0.05) is 0 Å². The van der Waals surface area contributed by atoms with Crippen molar-refractivity contribution in [3.63, 3.8) is 0 Å². The smallest absolute Gasteiger partial charge is 0.301 e. The van der Waals surface area contributed by atoms with Crippen LogP contribution in [0.3, 0.4) is 0 Å². The molecule has 1 rings (SSSR count). The molecule has 0 radical (unpaired) electrons. The summed E-state index contributed by atoms with van der Waals surface area (Å²) in [5, 5.41) is 10.6. The molecule has 1 aromatic rings. The van der Waals surface area contributed by atoms with Gasteiger partial charge in [0, 0.05) is 4.92 Å². The minimum atomic E-state index is -2.46. The van der Waals surface area contributed by atoms with E-state index in [-0.39, 0.29) is 0 Å². The standard InChI is InChI=1S/C6H7NO4S2/c1-4-2-3-12-5(4)6(7(8)9)13(10)11/h2-3,6H,1H3,(H,10,11). The number of nitro groups is 1. The highest BCUT2D eigenvalue weighted by Gasteiger charge is 2.31. The van der Waals surface area contributed by atoms with Crippen LogP contribution in [0.1, 0.15) is 15.8 Å². The molecule has 1 heterocycles. The summed E-state index contributed by atoms with van der Waals surface area (Å²) in [6.45, 7) is 1.68. The lowest BCUT2D eigenvalue weighted by atomic mass is 10.3. The van der Waals surface area contributed by atoms with E-state index in [9.17, 15) is 14.3 Å². The molecule has 0 saturated carbocycles. The van der Waals surface area contributed by atoms with Crippen LogP contribution < -0.4 is 0 Å². The van der Waals surface area contributed by atoms with Gasteiger partial charge in [-0.25, -0.2) is 4.21 Å². The Balaban J connectivity index is 3.09. The minimum Gasteiger partial charge on any atom is -0.301 e. The van der Waals surface area contributed by atoms with Crippen LogP contribution >= 0.6 is 11.3 Å². The van der Waals surface area contributed by atoms with Crippen molar-refractivity contribution in [1.82, 2.24) is 0 Å². The summed E-state index contributed by atoms with van der Waals surface area (Å²) in [7, 11) is 0. The zero-order valence-electron chi connectivity index (χ0n) is 6.67. The van der Waals surface area contributed by atoms with E-state index < -0.39 is 21.4 Å². The van der Waals surface area contributed by atoms with Crippen LogP contribution in [0.25, 0.3) is 0 Å². The molecule has 7 heteroatoms. The van der Waals surface area contributed by atoms with Crippen LogP contribution in [-0.2, 0) is 11.1 Å². The molecular weight excluding hydrogens is 214 g/mol. The number of hydrogen-bond donors (Lipinski definition) is 1. The molecule has 0 aromatic carbocycles. The number of hydrogen-bond acceptors (Lipinski definition) is 4. The van der Waals surface area contributed by atoms with Gasteiger partial charge in [-0.2, -0.15) is 0 Å². The second-order valence-corrected chi connectivity index (χ2v) is 4.33. The van der Waals surface area contributed by atoms with Crippen molar-refractivity contribution in [2.45, 2.75) is 12.3 Å². The lowest BCUT2D eigenvalue weighted by Crippen LogP contribution is -2.15. The van der Waals surface area contributed by atoms with Gasteiger partial charge in [0.1, 0.15) is 0 Å². The van der Waals surface area contributed by atoms with Crippen LogP contribution in [0.15, 0.2) is 11.4 Å². The molecule has 1 aromatic heterocycles. The summed E-state index contributed by atoms with van der Waals surface area (Å²) in [4.78, 5) is 10.0. The Morgan fingerprint density at radius 1 is 1.77 bits per heavy atom. The Morgan fingerprint density at radius 3 is 2.69 bits per heavy atom. The molecule has 0 aliphatic rings. The van der Waals surface area contributed by atoms with Gasteiger partial charge in [-0.05, 0) is 23.9 Å². The van der Waals surface area contributed by atoms with Gasteiger partial charge in [0.25, 0.3) is 0 Å². The molecule has 0 aliphatic carbocycles. The van der Waals surface area contributed by atoms with Gasteiger partial charge in [-0.15, -0.1) is 11.3 Å². The Hall–Kier alpha value is -0.790. The highest BCUT2D eigenvalue weighted by molar-refractivity contribution is 7.79. The molecular formula is C6H7NO4S2. The van der Waals surface area contributed by atoms with Gasteiger partial charge in [0.15, 0.2) is 0 Å². The fourth-order valence-electron chi connectivity index (χ4n) is 0.898. The minimum absolute atomic E-state index is 0.339. The van der Waals surface area contributed by atoms with Crippen molar-refractivity contribution >= 4 is 22.4 Å². The zero-order chi connectivity index (χ0) is 10.0. The zero-order valence-corrected chi connectivity index (χ0v) is 8.30. The first kappa shape index (κ1) is 10.3. The monoisotopic (exact) mass is 221 g/mol. The molecule has 72 valence electrons. The van der Waals surface area contributed by atoms with Gasteiger partial charge in [0.05, 0.1) is 4.88 Å². The van der Waals surface area contributed by atoms with Crippen molar-refractivity contribution in [3.8, 4) is 0 Å². The van der Waals surface area contributed by atoms with Crippen molar-refractivity contribution < 1.29 is 13.7 Å². The molecule has 5 nitrogen and oxygen atoms in total. The summed E-state index contributed by atoms with van der Waals surface area (Å²) in [6, 6.07) is 1.68. The summed E-state index contributed by atoms with van der Waals surface area (Å²) in [5.41, 5.74) is 0.675. The van der Waals surface area contributed by atoms with Crippen molar-refractivity contribution in [2.75, 3.05) is 0 Å². The van der Waals surface area contributed by atoms with Crippen LogP contribution in [0.4, 0.5) is 0 Å². The van der Waals surface area contributed by atoms with Gasteiger partial charge in [-0.3, -0.25) is 10.1 Å². The van der Waals surface area contributed by atoms with Crippen LogP contribution in [0.5, 0.6) is 0 Å². The summed E-state index contributed by atoms with van der Waals surface area (Å²) < 4.78 is 19.4. The normalized spacial score (nSPS) is 15.2. The first-order valence-corrected chi connectivity index (χ1v) is 5.36. The number of thiophene rings is 1. The summed E-state index contributed by atoms with van der Waals surface area (Å²) in [5.74, 6) is 0. The average Bonchev–Trinajstić information content (AvgIpc) is 2.35. The Morgan fingerprint density at radius 2 is 2.38 bits per heavy atom. The number of rotatable bonds is 3. The van der Waals surface area contributed by atoms with E-state index >= 15 is 0 Å². The highest BCUT2D eigenvalue weighted by atomic mass is 32.2. The largest absolute Gasteiger partial charge is 0.344 e. The molecule has 2 unspecified atom stereocenters. The van der Waals surface area contributed by atoms with E-state index in [0.717, 1.165) is 11.3 Å². The van der Waals surface area contributed by atoms with E-state index in [1.165, 1.54) is 0 Å². The SMILES string of the molecule is Cc1ccsc1C([N+](=O)[O-])S(=O)O. The first-order chi connectivity index (χ1) is 6.04. The molecule has 2 atom stereocenters. The molecule has 13 heavy (non-hydrogen) atoms. The van der Waals surface area contributed by atoms with Crippen LogP contribution in [0.2, 0.25) is 0 Å². The maximum atomic E-state index is 10.7. The van der Waals surface area contributed by atoms with Gasteiger partial charge >= 0.3 is 5.37 Å². The predicted octanol–water partition coefficient (Wildman–Crippen LogP) is 1.55. The maximum Gasteiger partial charge on any atom is 0.344 e. The third-order valence-electron chi connectivity index (χ3n) is 1.51. The molecule has 0 spiro atoms. The molecule has 0 saturated heterocycles. The molecule has 0 bridgehead atoms. The topological polar surface area (TPSA) is 80.4 Å². The number of nitrogens with zero attached hydrogens (tertiary/aromatic N) is 1. The van der Waals surface area contributed by atoms with E-state index in [4.69, 9.17) is 4.55 Å². The maximum absolute atomic E-state index is 10.7. The third-order valence-corrected chi connectivity index (χ3v) is 3.52. The van der Waals surface area contributed by atoms with Gasteiger partial charge < -0.3 is 4.55 Å². The fraction of sp³-hybridized carbons (Fsp3) is 0.333. The Labute approximate surface area is 80.8 Å². The predicted molar refractivity (Wildman–Crippen MR) is 49.6 cm³/mol. The first-order valence-electron chi connectivity index (χ1n) is 3.31. The highest BCUT2D eigenvalue weighted by Crippen LogP contribution is 2.27. The van der Waals surface area contributed by atoms with Crippen molar-refractivity contribution in [3.05, 3.63) is 32.0 Å². The third kappa shape index (κ3) is 2.11. The molecule has 0 fully saturated rings. The second kappa shape index (κ2) is 3.95. The van der Waals surface area contributed by atoms with Gasteiger partial charge in [0.2, 0.25) is 11.1 Å². The van der Waals surface area contributed by atoms with Crippen molar-refractivity contribution in [1.29, 1.82) is 0 Å². The van der Waals surface area contributed by atoms with Crippen LogP contribution in [-0.4, -0.2) is 13.7 Å². The Kier molecular flexibility index (Phi) is 3.12. The fourth-order valence-corrected chi connectivity index (χ4v) is 2.70. The Bertz CT molecular complexity index is 334. The molecule has 1 N–H and O–H groups in total. The summed E-state index contributed by atoms with van der Waals surface area (Å²) in [6.07, 6.45) is 0. The van der Waals surface area contributed by atoms with Crippen molar-refractivity contribution in [2.24, 2.45) is 0 Å². The second-order valence-electron chi connectivity index (χ2n) is 2.38. The summed E-state index contributed by atoms with van der Waals surface area (Å²) >= 11 is -1.34.